The van der Waals surface area contributed by atoms with Crippen LogP contribution in [0.3, 0.4) is 0 Å². The van der Waals surface area contributed by atoms with E-state index in [1.807, 2.05) is 6.07 Å². The summed E-state index contributed by atoms with van der Waals surface area (Å²) in [6.07, 6.45) is 4.30. The third-order valence-electron chi connectivity index (χ3n) is 5.37. The number of hydrogen-bond donors (Lipinski definition) is 0. The molecule has 0 unspecified atom stereocenters. The van der Waals surface area contributed by atoms with Gasteiger partial charge >= 0.3 is 7.12 Å². The van der Waals surface area contributed by atoms with E-state index < -0.39 is 0 Å². The highest BCUT2D eigenvalue weighted by Gasteiger charge is 2.52. The summed E-state index contributed by atoms with van der Waals surface area (Å²) in [6, 6.07) is 14.8. The van der Waals surface area contributed by atoms with Crippen LogP contribution in [0.5, 0.6) is 0 Å². The molecule has 0 spiro atoms. The first kappa shape index (κ1) is 18.0. The van der Waals surface area contributed by atoms with Crippen LogP contribution >= 0.6 is 0 Å². The Morgan fingerprint density at radius 2 is 1.24 bits per heavy atom. The number of rotatable bonds is 3. The van der Waals surface area contributed by atoms with E-state index in [1.54, 1.807) is 0 Å². The minimum Gasteiger partial charge on any atom is -0.399 e. The van der Waals surface area contributed by atoms with Crippen LogP contribution < -0.4 is 5.46 Å². The van der Waals surface area contributed by atoms with Crippen LogP contribution in [-0.2, 0) is 9.31 Å². The zero-order chi connectivity index (χ0) is 18.2. The third-order valence-corrected chi connectivity index (χ3v) is 5.37. The maximum atomic E-state index is 6.24. The van der Waals surface area contributed by atoms with E-state index in [4.69, 9.17) is 9.31 Å². The number of benzene rings is 2. The fourth-order valence-corrected chi connectivity index (χ4v) is 3.19. The molecule has 0 amide bonds. The molecule has 3 heteroatoms. The second kappa shape index (κ2) is 6.47. The molecule has 0 aliphatic carbocycles. The lowest BCUT2D eigenvalue weighted by Gasteiger charge is -2.32. The molecule has 2 nitrogen and oxygen atoms in total. The van der Waals surface area contributed by atoms with Gasteiger partial charge in [0.05, 0.1) is 11.2 Å². The van der Waals surface area contributed by atoms with Gasteiger partial charge in [-0.05, 0) is 58.1 Å². The molecular weight excluding hydrogens is 307 g/mol. The average molecular weight is 334 g/mol. The summed E-state index contributed by atoms with van der Waals surface area (Å²) in [6.45, 7) is 12.6. The van der Waals surface area contributed by atoms with Crippen LogP contribution in [0.1, 0.15) is 49.9 Å². The molecule has 25 heavy (non-hydrogen) atoms. The van der Waals surface area contributed by atoms with Crippen molar-refractivity contribution in [3.63, 3.8) is 0 Å². The largest absolute Gasteiger partial charge is 0.495 e. The van der Waals surface area contributed by atoms with Crippen molar-refractivity contribution in [1.29, 1.82) is 0 Å². The van der Waals surface area contributed by atoms with Gasteiger partial charge in [-0.1, -0.05) is 65.7 Å². The van der Waals surface area contributed by atoms with E-state index in [0.29, 0.717) is 0 Å². The summed E-state index contributed by atoms with van der Waals surface area (Å²) in [7, 11) is -0.308. The van der Waals surface area contributed by atoms with Gasteiger partial charge < -0.3 is 9.31 Å². The first-order valence-corrected chi connectivity index (χ1v) is 8.89. The maximum Gasteiger partial charge on any atom is 0.495 e. The molecule has 0 bridgehead atoms. The molecule has 1 heterocycles. The first-order chi connectivity index (χ1) is 11.7. The monoisotopic (exact) mass is 334 g/mol. The van der Waals surface area contributed by atoms with Gasteiger partial charge in [0.25, 0.3) is 0 Å². The third kappa shape index (κ3) is 3.58. The predicted octanol–water partition coefficient (Wildman–Crippen LogP) is 4.77. The Balaban J connectivity index is 1.88. The van der Waals surface area contributed by atoms with Crippen molar-refractivity contribution in [2.75, 3.05) is 0 Å². The molecule has 3 rings (SSSR count). The lowest BCUT2D eigenvalue weighted by Crippen LogP contribution is -2.41. The molecule has 2 aromatic carbocycles. The van der Waals surface area contributed by atoms with Crippen LogP contribution in [0.4, 0.5) is 0 Å². The molecule has 0 radical (unpaired) electrons. The highest BCUT2D eigenvalue weighted by Crippen LogP contribution is 2.37. The van der Waals surface area contributed by atoms with Crippen molar-refractivity contribution in [2.45, 2.75) is 52.7 Å². The summed E-state index contributed by atoms with van der Waals surface area (Å²) in [5.41, 5.74) is 5.31. The first-order valence-electron chi connectivity index (χ1n) is 8.89. The van der Waals surface area contributed by atoms with Gasteiger partial charge in [0.2, 0.25) is 0 Å². The van der Waals surface area contributed by atoms with Gasteiger partial charge in [-0.3, -0.25) is 0 Å². The molecule has 0 aromatic heterocycles. The van der Waals surface area contributed by atoms with Crippen LogP contribution in [0.2, 0.25) is 0 Å². The van der Waals surface area contributed by atoms with Gasteiger partial charge in [-0.2, -0.15) is 0 Å². The van der Waals surface area contributed by atoms with Gasteiger partial charge in [0.15, 0.2) is 0 Å². The number of aryl methyl sites for hydroxylation is 2. The molecular formula is C22H27BO2. The summed E-state index contributed by atoms with van der Waals surface area (Å²) in [4.78, 5) is 0. The van der Waals surface area contributed by atoms with E-state index in [9.17, 15) is 0 Å². The summed E-state index contributed by atoms with van der Waals surface area (Å²) in [5, 5.41) is 0. The Hall–Kier alpha value is -1.84. The molecule has 2 aromatic rings. The topological polar surface area (TPSA) is 18.5 Å². The molecule has 0 saturated carbocycles. The Morgan fingerprint density at radius 1 is 0.760 bits per heavy atom. The van der Waals surface area contributed by atoms with Gasteiger partial charge in [-0.25, -0.2) is 0 Å². The average Bonchev–Trinajstić information content (AvgIpc) is 2.73. The van der Waals surface area contributed by atoms with Crippen molar-refractivity contribution in [1.82, 2.24) is 0 Å². The van der Waals surface area contributed by atoms with Crippen LogP contribution in [0, 0.1) is 13.8 Å². The second-order valence-electron chi connectivity index (χ2n) is 7.90. The zero-order valence-corrected chi connectivity index (χ0v) is 16.1. The molecule has 1 aliphatic heterocycles. The SMILES string of the molecule is Cc1cc(/C=C/c2ccccc2)cc(C)c1B1OC(C)(C)C(C)(C)O1. The van der Waals surface area contributed by atoms with Crippen LogP contribution in [-0.4, -0.2) is 18.3 Å². The molecule has 130 valence electrons. The molecule has 1 aliphatic rings. The van der Waals surface area contributed by atoms with Crippen LogP contribution in [0.25, 0.3) is 12.2 Å². The number of hydrogen-bond acceptors (Lipinski definition) is 2. The Morgan fingerprint density at radius 3 is 1.76 bits per heavy atom. The minimum absolute atomic E-state index is 0.308. The van der Waals surface area contributed by atoms with E-state index in [1.165, 1.54) is 22.3 Å². The summed E-state index contributed by atoms with van der Waals surface area (Å²) < 4.78 is 12.5. The van der Waals surface area contributed by atoms with E-state index in [0.717, 1.165) is 5.46 Å². The fourth-order valence-electron chi connectivity index (χ4n) is 3.19. The quantitative estimate of drug-likeness (QED) is 0.594. The minimum atomic E-state index is -0.317. The van der Waals surface area contributed by atoms with Gasteiger partial charge in [-0.15, -0.1) is 0 Å². The lowest BCUT2D eigenvalue weighted by atomic mass is 9.73. The van der Waals surface area contributed by atoms with Gasteiger partial charge in [0, 0.05) is 0 Å². The van der Waals surface area contributed by atoms with E-state index in [-0.39, 0.29) is 18.3 Å². The van der Waals surface area contributed by atoms with Crippen LogP contribution in [0.15, 0.2) is 42.5 Å². The van der Waals surface area contributed by atoms with Crippen molar-refractivity contribution in [3.8, 4) is 0 Å². The highest BCUT2D eigenvalue weighted by atomic mass is 16.7. The van der Waals surface area contributed by atoms with Gasteiger partial charge in [0.1, 0.15) is 0 Å². The Labute approximate surface area is 152 Å². The smallest absolute Gasteiger partial charge is 0.399 e. The van der Waals surface area contributed by atoms with Crippen molar-refractivity contribution < 1.29 is 9.31 Å². The molecule has 0 atom stereocenters. The van der Waals surface area contributed by atoms with E-state index >= 15 is 0 Å². The summed E-state index contributed by atoms with van der Waals surface area (Å²) >= 11 is 0. The molecule has 0 N–H and O–H groups in total. The Kier molecular flexibility index (Phi) is 4.65. The van der Waals surface area contributed by atoms with E-state index in [2.05, 4.69) is 90.1 Å². The Bertz CT molecular complexity index is 752. The lowest BCUT2D eigenvalue weighted by molar-refractivity contribution is 0.00578. The molecule has 1 saturated heterocycles. The highest BCUT2D eigenvalue weighted by molar-refractivity contribution is 6.63. The standard InChI is InChI=1S/C22H27BO2/c1-16-14-19(13-12-18-10-8-7-9-11-18)15-17(2)20(16)23-24-21(3,4)22(5,6)25-23/h7-15H,1-6H3/b13-12+. The summed E-state index contributed by atoms with van der Waals surface area (Å²) in [5.74, 6) is 0. The van der Waals surface area contributed by atoms with Crippen molar-refractivity contribution >= 4 is 24.7 Å². The fraction of sp³-hybridized carbons (Fsp3) is 0.364. The predicted molar refractivity (Wildman–Crippen MR) is 107 cm³/mol. The zero-order valence-electron chi connectivity index (χ0n) is 16.1. The van der Waals surface area contributed by atoms with Crippen molar-refractivity contribution in [3.05, 3.63) is 64.7 Å². The second-order valence-corrected chi connectivity index (χ2v) is 7.90. The van der Waals surface area contributed by atoms with Crippen molar-refractivity contribution in [2.24, 2.45) is 0 Å². The maximum absolute atomic E-state index is 6.24. The molecule has 1 fully saturated rings. The normalized spacial score (nSPS) is 18.9.